The molecule has 0 bridgehead atoms. The number of carboxylic acids is 1. The van der Waals surface area contributed by atoms with Gasteiger partial charge in [-0.2, -0.15) is 0 Å². The van der Waals surface area contributed by atoms with Crippen molar-refractivity contribution < 1.29 is 73.8 Å². The highest BCUT2D eigenvalue weighted by Gasteiger charge is 2.59. The van der Waals surface area contributed by atoms with Crippen molar-refractivity contribution in [3.05, 3.63) is 0 Å². The number of carboxylic acid groups (broad SMARTS) is 1. The van der Waals surface area contributed by atoms with Crippen molar-refractivity contribution in [3.8, 4) is 0 Å². The summed E-state index contributed by atoms with van der Waals surface area (Å²) in [6.45, 7) is 3.36. The number of rotatable bonds is 10. The highest BCUT2D eigenvalue weighted by Crippen LogP contribution is 2.37. The number of carbonyl (C=O) groups is 3. The molecule has 0 aromatic carbocycles. The highest BCUT2D eigenvalue weighted by molar-refractivity contribution is 5.76. The number of aliphatic hydroxyl groups is 6. The fourth-order valence-electron chi connectivity index (χ4n) is 5.09. The number of hydrogen-bond acceptors (Lipinski definition) is 15. The third kappa shape index (κ3) is 7.12. The van der Waals surface area contributed by atoms with Crippen molar-refractivity contribution in [2.45, 2.75) is 119 Å². The molecule has 18 nitrogen and oxygen atoms in total. The van der Waals surface area contributed by atoms with Crippen LogP contribution in [0, 0.1) is 0 Å². The van der Waals surface area contributed by atoms with Crippen LogP contribution in [-0.4, -0.2) is 152 Å². The second kappa shape index (κ2) is 13.5. The maximum absolute atomic E-state index is 12.6. The summed E-state index contributed by atoms with van der Waals surface area (Å²) in [6.07, 6.45) is -17.3. The summed E-state index contributed by atoms with van der Waals surface area (Å²) in [7, 11) is 0. The zero-order valence-corrected chi connectivity index (χ0v) is 22.5. The second-order valence-electron chi connectivity index (χ2n) is 10.4. The lowest BCUT2D eigenvalue weighted by atomic mass is 9.87. The molecule has 0 aliphatic carbocycles. The monoisotopic (exact) mass is 597 g/mol. The quantitative estimate of drug-likeness (QED) is 0.105. The molecule has 0 radical (unpaired) electrons. The van der Waals surface area contributed by atoms with Crippen molar-refractivity contribution in [2.24, 2.45) is 5.73 Å². The minimum absolute atomic E-state index is 0.232. The zero-order chi connectivity index (χ0) is 30.8. The molecule has 0 spiro atoms. The number of nitrogens with two attached hydrogens (primary N) is 1. The van der Waals surface area contributed by atoms with Gasteiger partial charge in [0.15, 0.2) is 12.6 Å². The van der Waals surface area contributed by atoms with Crippen LogP contribution in [-0.2, 0) is 38.1 Å². The number of ether oxygens (including phenoxy) is 5. The summed E-state index contributed by atoms with van der Waals surface area (Å²) in [5.74, 6) is -5.17. The SMILES string of the molecule is CC(=O)N[C@H]1[C@H](O[C@@H]2CO[C@@H](O)[C@H](O)[C@H]2O)O[C@H](C)[C@H](O)[C@@H]1O[C@@]1(C(=O)O)C[C@H](O)[C@H](N)[C@H]([C@@H](NC=O)[C@H](C)O)O1. The molecule has 2 amide bonds. The summed E-state index contributed by atoms with van der Waals surface area (Å²) >= 11 is 0. The number of aliphatic carboxylic acids is 1. The van der Waals surface area contributed by atoms with Gasteiger partial charge < -0.3 is 75.8 Å². The van der Waals surface area contributed by atoms with Gasteiger partial charge in [-0.3, -0.25) is 9.59 Å². The Labute approximate surface area is 234 Å². The Hall–Kier alpha value is -2.07. The molecule has 0 unspecified atom stereocenters. The van der Waals surface area contributed by atoms with Gasteiger partial charge in [-0.05, 0) is 13.8 Å². The smallest absolute Gasteiger partial charge is 0.364 e. The molecule has 0 aromatic heterocycles. The minimum Gasteiger partial charge on any atom is -0.477 e. The van der Waals surface area contributed by atoms with E-state index in [0.29, 0.717) is 0 Å². The Morgan fingerprint density at radius 3 is 2.37 bits per heavy atom. The van der Waals surface area contributed by atoms with E-state index in [1.165, 1.54) is 13.8 Å². The lowest BCUT2D eigenvalue weighted by Gasteiger charge is -2.51. The van der Waals surface area contributed by atoms with E-state index in [-0.39, 0.29) is 6.41 Å². The third-order valence-corrected chi connectivity index (χ3v) is 7.36. The summed E-state index contributed by atoms with van der Waals surface area (Å²) in [6, 6.07) is -4.04. The van der Waals surface area contributed by atoms with Crippen LogP contribution in [0.2, 0.25) is 0 Å². The van der Waals surface area contributed by atoms with Gasteiger partial charge in [0, 0.05) is 13.3 Å². The van der Waals surface area contributed by atoms with E-state index in [1.807, 2.05) is 0 Å². The van der Waals surface area contributed by atoms with Gasteiger partial charge in [0.1, 0.15) is 42.7 Å². The predicted molar refractivity (Wildman–Crippen MR) is 130 cm³/mol. The minimum atomic E-state index is -2.73. The molecule has 0 saturated carbocycles. The van der Waals surface area contributed by atoms with Crippen LogP contribution in [0.3, 0.4) is 0 Å². The molecule has 3 aliphatic heterocycles. The first-order valence-electron chi connectivity index (χ1n) is 13.0. The van der Waals surface area contributed by atoms with E-state index >= 15 is 0 Å². The summed E-state index contributed by atoms with van der Waals surface area (Å²) in [5, 5.41) is 76.9. The standard InChI is InChI=1S/C23H39N3O15/c1-7(28)13(25-6-27)18-12(24)10(30)4-23(40-18,22(35)36)41-19-14(26-9(3)29)21(38-8(2)15(19)31)39-11-5-37-20(34)17(33)16(11)32/h6-8,10-21,28,30-34H,4-5,24H2,1-3H3,(H,25,27)(H,26,29)(H,35,36)/t7-,8+,10-,11+,12-,13-,14+,15-,16-,17+,18+,19+,20+,21-,23+/m0/s1. The van der Waals surface area contributed by atoms with E-state index < -0.39 is 116 Å². The van der Waals surface area contributed by atoms with Crippen LogP contribution in [0.4, 0.5) is 0 Å². The largest absolute Gasteiger partial charge is 0.477 e. The van der Waals surface area contributed by atoms with Crippen molar-refractivity contribution in [1.29, 1.82) is 0 Å². The van der Waals surface area contributed by atoms with Crippen molar-refractivity contribution in [2.75, 3.05) is 6.61 Å². The first kappa shape index (κ1) is 33.4. The maximum atomic E-state index is 12.6. The van der Waals surface area contributed by atoms with Crippen LogP contribution in [0.25, 0.3) is 0 Å². The topological polar surface area (TPSA) is 289 Å². The fourth-order valence-corrected chi connectivity index (χ4v) is 5.09. The molecule has 3 rings (SSSR count). The Balaban J connectivity index is 1.97. The molecular weight excluding hydrogens is 558 g/mol. The van der Waals surface area contributed by atoms with E-state index in [4.69, 9.17) is 29.4 Å². The molecule has 41 heavy (non-hydrogen) atoms. The van der Waals surface area contributed by atoms with Gasteiger partial charge >= 0.3 is 5.97 Å². The third-order valence-electron chi connectivity index (χ3n) is 7.36. The lowest BCUT2D eigenvalue weighted by Crippen LogP contribution is -2.72. The van der Waals surface area contributed by atoms with Gasteiger partial charge in [0.05, 0.1) is 37.0 Å². The number of nitrogens with one attached hydrogen (secondary N) is 2. The zero-order valence-electron chi connectivity index (χ0n) is 22.5. The summed E-state index contributed by atoms with van der Waals surface area (Å²) in [5.41, 5.74) is 6.04. The predicted octanol–water partition coefficient (Wildman–Crippen LogP) is -5.81. The first-order chi connectivity index (χ1) is 19.1. The molecule has 236 valence electrons. The Bertz CT molecular complexity index is 929. The van der Waals surface area contributed by atoms with Gasteiger partial charge in [-0.1, -0.05) is 0 Å². The van der Waals surface area contributed by atoms with Crippen LogP contribution in [0.15, 0.2) is 0 Å². The molecule has 3 heterocycles. The van der Waals surface area contributed by atoms with E-state index in [0.717, 1.165) is 6.92 Å². The Kier molecular flexibility index (Phi) is 11.0. The van der Waals surface area contributed by atoms with Crippen LogP contribution in [0.5, 0.6) is 0 Å². The van der Waals surface area contributed by atoms with Crippen LogP contribution < -0.4 is 16.4 Å². The first-order valence-corrected chi connectivity index (χ1v) is 13.0. The number of aliphatic hydroxyl groups excluding tert-OH is 6. The Morgan fingerprint density at radius 2 is 1.80 bits per heavy atom. The molecule has 15 atom stereocenters. The van der Waals surface area contributed by atoms with Crippen molar-refractivity contribution >= 4 is 18.3 Å². The van der Waals surface area contributed by atoms with Crippen molar-refractivity contribution in [1.82, 2.24) is 10.6 Å². The number of carbonyl (C=O) groups excluding carboxylic acids is 2. The lowest BCUT2D eigenvalue weighted by molar-refractivity contribution is -0.357. The fraction of sp³-hybridized carbons (Fsp3) is 0.870. The maximum Gasteiger partial charge on any atom is 0.364 e. The Morgan fingerprint density at radius 1 is 1.15 bits per heavy atom. The molecular formula is C23H39N3O15. The second-order valence-corrected chi connectivity index (χ2v) is 10.4. The summed E-state index contributed by atoms with van der Waals surface area (Å²) < 4.78 is 28.0. The molecule has 0 aromatic rings. The van der Waals surface area contributed by atoms with Crippen molar-refractivity contribution in [3.63, 3.8) is 0 Å². The van der Waals surface area contributed by atoms with Gasteiger partial charge in [0.25, 0.3) is 5.79 Å². The summed E-state index contributed by atoms with van der Waals surface area (Å²) in [4.78, 5) is 36.0. The van der Waals surface area contributed by atoms with Crippen LogP contribution in [0.1, 0.15) is 27.2 Å². The van der Waals surface area contributed by atoms with Crippen LogP contribution >= 0.6 is 0 Å². The van der Waals surface area contributed by atoms with Gasteiger partial charge in [0.2, 0.25) is 12.3 Å². The van der Waals surface area contributed by atoms with Gasteiger partial charge in [-0.25, -0.2) is 4.79 Å². The van der Waals surface area contributed by atoms with E-state index in [9.17, 15) is 50.1 Å². The highest BCUT2D eigenvalue weighted by atomic mass is 16.7. The molecule has 3 saturated heterocycles. The average Bonchev–Trinajstić information content (AvgIpc) is 2.89. The molecule has 3 aliphatic rings. The van der Waals surface area contributed by atoms with E-state index in [2.05, 4.69) is 10.6 Å². The molecule has 11 N–H and O–H groups in total. The van der Waals surface area contributed by atoms with E-state index in [1.54, 1.807) is 0 Å². The number of hydrogen-bond donors (Lipinski definition) is 10. The normalized spacial score (nSPS) is 44.8. The molecule has 18 heteroatoms. The molecule has 3 fully saturated rings. The average molecular weight is 598 g/mol. The van der Waals surface area contributed by atoms with Gasteiger partial charge in [-0.15, -0.1) is 0 Å². The number of amides is 2.